The first-order chi connectivity index (χ1) is 12.7. The van der Waals surface area contributed by atoms with E-state index in [9.17, 15) is 4.79 Å². The van der Waals surface area contributed by atoms with Gasteiger partial charge in [-0.3, -0.25) is 19.4 Å². The van der Waals surface area contributed by atoms with Gasteiger partial charge in [0, 0.05) is 49.0 Å². The molecule has 1 fully saturated rings. The fraction of sp³-hybridized carbons (Fsp3) is 0.333. The number of nitrogens with zero attached hydrogens (tertiary/aromatic N) is 5. The molecule has 1 aliphatic rings. The van der Waals surface area contributed by atoms with E-state index in [1.54, 1.807) is 23.3 Å². The average Bonchev–Trinajstić information content (AvgIpc) is 3.08. The van der Waals surface area contributed by atoms with Crippen LogP contribution < -0.4 is 5.32 Å². The number of fused-ring (bicyclic) bond motifs is 1. The molecule has 4 heterocycles. The molecular weight excluding hydrogens is 332 g/mol. The summed E-state index contributed by atoms with van der Waals surface area (Å²) in [4.78, 5) is 23.1. The van der Waals surface area contributed by atoms with Crippen molar-refractivity contribution in [3.63, 3.8) is 0 Å². The van der Waals surface area contributed by atoms with Gasteiger partial charge < -0.3 is 10.1 Å². The van der Waals surface area contributed by atoms with Crippen molar-refractivity contribution in [1.82, 2.24) is 24.6 Å². The van der Waals surface area contributed by atoms with Gasteiger partial charge in [0.15, 0.2) is 0 Å². The molecule has 0 radical (unpaired) electrons. The molecule has 8 heteroatoms. The highest BCUT2D eigenvalue weighted by Crippen LogP contribution is 2.23. The van der Waals surface area contributed by atoms with Crippen LogP contribution in [0.4, 0.5) is 5.82 Å². The van der Waals surface area contributed by atoms with E-state index in [0.29, 0.717) is 25.6 Å². The van der Waals surface area contributed by atoms with Crippen LogP contribution in [0.1, 0.15) is 0 Å². The fourth-order valence-electron chi connectivity index (χ4n) is 2.97. The number of carbonyl (C=O) groups excluding carboxylic acids is 1. The quantitative estimate of drug-likeness (QED) is 0.762. The third kappa shape index (κ3) is 3.71. The lowest BCUT2D eigenvalue weighted by atomic mass is 10.1. The third-order valence-corrected chi connectivity index (χ3v) is 4.34. The van der Waals surface area contributed by atoms with Gasteiger partial charge in [-0.1, -0.05) is 0 Å². The Morgan fingerprint density at radius 3 is 2.77 bits per heavy atom. The number of morpholine rings is 1. The summed E-state index contributed by atoms with van der Waals surface area (Å²) in [5.41, 5.74) is 2.75. The Bertz CT molecular complexity index is 932. The molecule has 26 heavy (non-hydrogen) atoms. The Balaban J connectivity index is 1.51. The number of aryl methyl sites for hydroxylation is 1. The van der Waals surface area contributed by atoms with Crippen molar-refractivity contribution >= 4 is 22.6 Å². The van der Waals surface area contributed by atoms with E-state index in [-0.39, 0.29) is 5.91 Å². The second kappa shape index (κ2) is 7.19. The molecule has 0 bridgehead atoms. The maximum absolute atomic E-state index is 12.2. The van der Waals surface area contributed by atoms with Crippen molar-refractivity contribution in [3.05, 3.63) is 36.9 Å². The first kappa shape index (κ1) is 16.6. The highest BCUT2D eigenvalue weighted by Gasteiger charge is 2.14. The summed E-state index contributed by atoms with van der Waals surface area (Å²) in [5.74, 6) is 0.455. The zero-order chi connectivity index (χ0) is 17.9. The second-order valence-corrected chi connectivity index (χ2v) is 6.33. The number of anilines is 1. The molecule has 1 saturated heterocycles. The van der Waals surface area contributed by atoms with Gasteiger partial charge in [-0.15, -0.1) is 0 Å². The zero-order valence-electron chi connectivity index (χ0n) is 14.6. The smallest absolute Gasteiger partial charge is 0.239 e. The van der Waals surface area contributed by atoms with Gasteiger partial charge in [0.2, 0.25) is 5.91 Å². The summed E-state index contributed by atoms with van der Waals surface area (Å²) >= 11 is 0. The lowest BCUT2D eigenvalue weighted by molar-refractivity contribution is -0.118. The van der Waals surface area contributed by atoms with Crippen molar-refractivity contribution < 1.29 is 9.53 Å². The molecular formula is C18H20N6O2. The number of hydrogen-bond donors (Lipinski definition) is 1. The third-order valence-electron chi connectivity index (χ3n) is 4.34. The largest absolute Gasteiger partial charge is 0.379 e. The van der Waals surface area contributed by atoms with E-state index in [1.807, 2.05) is 25.4 Å². The van der Waals surface area contributed by atoms with Gasteiger partial charge in [0.25, 0.3) is 0 Å². The Morgan fingerprint density at radius 2 is 2.00 bits per heavy atom. The lowest BCUT2D eigenvalue weighted by Gasteiger charge is -2.25. The van der Waals surface area contributed by atoms with Crippen LogP contribution in [-0.4, -0.2) is 63.4 Å². The van der Waals surface area contributed by atoms with Crippen molar-refractivity contribution in [2.24, 2.45) is 7.05 Å². The molecule has 0 saturated carbocycles. The number of carbonyl (C=O) groups is 1. The Hall–Kier alpha value is -2.84. The van der Waals surface area contributed by atoms with Crippen molar-refractivity contribution in [3.8, 4) is 11.1 Å². The highest BCUT2D eigenvalue weighted by atomic mass is 16.5. The molecule has 134 valence electrons. The topological polar surface area (TPSA) is 85.2 Å². The number of amides is 1. The molecule has 0 aromatic carbocycles. The molecule has 0 spiro atoms. The van der Waals surface area contributed by atoms with Crippen LogP contribution in [0.15, 0.2) is 36.9 Å². The number of pyridine rings is 2. The van der Waals surface area contributed by atoms with Crippen LogP contribution in [0, 0.1) is 0 Å². The molecule has 0 atom stereocenters. The molecule has 1 amide bonds. The number of rotatable bonds is 4. The summed E-state index contributed by atoms with van der Waals surface area (Å²) in [7, 11) is 1.88. The normalized spacial score (nSPS) is 15.3. The highest BCUT2D eigenvalue weighted by molar-refractivity contribution is 5.93. The van der Waals surface area contributed by atoms with Crippen molar-refractivity contribution in [2.45, 2.75) is 0 Å². The molecule has 4 rings (SSSR count). The molecule has 3 aromatic rings. The summed E-state index contributed by atoms with van der Waals surface area (Å²) in [6, 6.07) is 3.87. The van der Waals surface area contributed by atoms with Gasteiger partial charge in [0.05, 0.1) is 37.7 Å². The Kier molecular flexibility index (Phi) is 4.59. The number of aromatic nitrogens is 4. The molecule has 0 aliphatic carbocycles. The molecule has 1 aliphatic heterocycles. The Labute approximate surface area is 150 Å². The SMILES string of the molecule is Cn1cc(-c2cnc3cnc(NC(=O)CN4CCOCC4)cc3c2)cn1. The minimum Gasteiger partial charge on any atom is -0.379 e. The van der Waals surface area contributed by atoms with Crippen LogP contribution in [0.2, 0.25) is 0 Å². The fourth-order valence-corrected chi connectivity index (χ4v) is 2.97. The molecule has 8 nitrogen and oxygen atoms in total. The van der Waals surface area contributed by atoms with Crippen molar-refractivity contribution in [1.29, 1.82) is 0 Å². The zero-order valence-corrected chi connectivity index (χ0v) is 14.6. The van der Waals surface area contributed by atoms with Gasteiger partial charge in [-0.05, 0) is 12.1 Å². The predicted molar refractivity (Wildman–Crippen MR) is 97.6 cm³/mol. The Morgan fingerprint density at radius 1 is 1.15 bits per heavy atom. The van der Waals surface area contributed by atoms with Gasteiger partial charge in [-0.2, -0.15) is 5.10 Å². The summed E-state index contributed by atoms with van der Waals surface area (Å²) in [6.07, 6.45) is 7.22. The van der Waals surface area contributed by atoms with Crippen LogP contribution in [-0.2, 0) is 16.6 Å². The number of hydrogen-bond acceptors (Lipinski definition) is 6. The summed E-state index contributed by atoms with van der Waals surface area (Å²) < 4.78 is 7.05. The second-order valence-electron chi connectivity index (χ2n) is 6.33. The van der Waals surface area contributed by atoms with E-state index >= 15 is 0 Å². The first-order valence-electron chi connectivity index (χ1n) is 8.52. The van der Waals surface area contributed by atoms with Crippen LogP contribution in [0.3, 0.4) is 0 Å². The minimum atomic E-state index is -0.0740. The minimum absolute atomic E-state index is 0.0740. The van der Waals surface area contributed by atoms with Crippen molar-refractivity contribution in [2.75, 3.05) is 38.2 Å². The monoisotopic (exact) mass is 352 g/mol. The number of ether oxygens (including phenoxy) is 1. The first-order valence-corrected chi connectivity index (χ1v) is 8.52. The summed E-state index contributed by atoms with van der Waals surface area (Å²) in [6.45, 7) is 3.24. The van der Waals surface area contributed by atoms with E-state index in [4.69, 9.17) is 4.74 Å². The van der Waals surface area contributed by atoms with Gasteiger partial charge in [-0.25, -0.2) is 4.98 Å². The molecule has 3 aromatic heterocycles. The van der Waals surface area contributed by atoms with E-state index in [2.05, 4.69) is 25.3 Å². The van der Waals surface area contributed by atoms with Gasteiger partial charge >= 0.3 is 0 Å². The number of nitrogens with one attached hydrogen (secondary N) is 1. The standard InChI is InChI=1S/C18H20N6O2/c1-23-11-15(9-21-23)14-6-13-7-17(20-10-16(13)19-8-14)22-18(25)12-24-2-4-26-5-3-24/h6-11H,2-5,12H2,1H3,(H,20,22,25). The van der Waals surface area contributed by atoms with Crippen LogP contribution in [0.5, 0.6) is 0 Å². The molecule has 0 unspecified atom stereocenters. The predicted octanol–water partition coefficient (Wildman–Crippen LogP) is 1.30. The average molecular weight is 352 g/mol. The van der Waals surface area contributed by atoms with Gasteiger partial charge in [0.1, 0.15) is 5.82 Å². The van der Waals surface area contributed by atoms with Crippen LogP contribution in [0.25, 0.3) is 22.0 Å². The van der Waals surface area contributed by atoms with E-state index in [1.165, 1.54) is 0 Å². The van der Waals surface area contributed by atoms with Crippen LogP contribution >= 0.6 is 0 Å². The van der Waals surface area contributed by atoms with E-state index < -0.39 is 0 Å². The lowest BCUT2D eigenvalue weighted by Crippen LogP contribution is -2.41. The maximum atomic E-state index is 12.2. The maximum Gasteiger partial charge on any atom is 0.239 e. The molecule has 1 N–H and O–H groups in total. The summed E-state index contributed by atoms with van der Waals surface area (Å²) in [5, 5.41) is 7.98. The van der Waals surface area contributed by atoms with E-state index in [0.717, 1.165) is 35.1 Å².